The van der Waals surface area contributed by atoms with E-state index < -0.39 is 5.97 Å². The average molecular weight is 457 g/mol. The summed E-state index contributed by atoms with van der Waals surface area (Å²) in [6.07, 6.45) is 5.88. The summed E-state index contributed by atoms with van der Waals surface area (Å²) in [6.45, 7) is 0.955. The SMILES string of the molecule is CSc1ccc(OCC(=Cc2ccc(C(=O)O)cc2)CNc2cnc3ccccc3c2)cc1. The summed E-state index contributed by atoms with van der Waals surface area (Å²) < 4.78 is 6.03. The summed E-state index contributed by atoms with van der Waals surface area (Å²) in [5.41, 5.74) is 4.06. The number of nitrogens with zero attached hydrogens (tertiary/aromatic N) is 1. The lowest BCUT2D eigenvalue weighted by Gasteiger charge is -2.13. The number of hydrogen-bond donors (Lipinski definition) is 2. The highest BCUT2D eigenvalue weighted by Gasteiger charge is 2.05. The number of benzene rings is 3. The van der Waals surface area contributed by atoms with Crippen molar-refractivity contribution in [3.8, 4) is 5.75 Å². The van der Waals surface area contributed by atoms with Crippen molar-refractivity contribution in [2.24, 2.45) is 0 Å². The second kappa shape index (κ2) is 10.7. The van der Waals surface area contributed by atoms with Gasteiger partial charge in [-0.05, 0) is 65.9 Å². The van der Waals surface area contributed by atoms with Gasteiger partial charge in [0.2, 0.25) is 0 Å². The van der Waals surface area contributed by atoms with Crippen LogP contribution in [0.25, 0.3) is 17.0 Å². The molecule has 2 N–H and O–H groups in total. The third-order valence-corrected chi connectivity index (χ3v) is 5.87. The molecule has 0 saturated heterocycles. The van der Waals surface area contributed by atoms with Crippen LogP contribution in [0.4, 0.5) is 5.69 Å². The van der Waals surface area contributed by atoms with E-state index in [2.05, 4.69) is 16.4 Å². The molecule has 0 spiro atoms. The predicted molar refractivity (Wildman–Crippen MR) is 135 cm³/mol. The van der Waals surface area contributed by atoms with E-state index in [-0.39, 0.29) is 5.56 Å². The Morgan fingerprint density at radius 2 is 1.82 bits per heavy atom. The van der Waals surface area contributed by atoms with Crippen LogP contribution in [0.1, 0.15) is 15.9 Å². The second-order valence-corrected chi connectivity index (χ2v) is 8.34. The van der Waals surface area contributed by atoms with Gasteiger partial charge < -0.3 is 15.2 Å². The summed E-state index contributed by atoms with van der Waals surface area (Å²) in [4.78, 5) is 16.8. The standard InChI is InChI=1S/C27H24N2O3S/c1-33-25-12-10-24(11-13-25)32-18-20(14-19-6-8-21(9-7-19)27(30)31)16-28-23-15-22-4-2-3-5-26(22)29-17-23/h2-15,17,28H,16,18H2,1H3,(H,30,31). The fourth-order valence-electron chi connectivity index (χ4n) is 3.33. The first-order chi connectivity index (χ1) is 16.1. The Morgan fingerprint density at radius 1 is 1.06 bits per heavy atom. The van der Waals surface area contributed by atoms with E-state index in [4.69, 9.17) is 9.84 Å². The molecule has 0 aliphatic heterocycles. The number of anilines is 1. The molecule has 6 heteroatoms. The quantitative estimate of drug-likeness (QED) is 0.291. The Bertz CT molecular complexity index is 1270. The summed E-state index contributed by atoms with van der Waals surface area (Å²) in [7, 11) is 0. The number of nitrogens with one attached hydrogen (secondary N) is 1. The fourth-order valence-corrected chi connectivity index (χ4v) is 3.74. The van der Waals surface area contributed by atoms with Gasteiger partial charge in [-0.1, -0.05) is 36.4 Å². The summed E-state index contributed by atoms with van der Waals surface area (Å²) in [6, 6.07) is 24.9. The molecule has 0 aliphatic rings. The zero-order valence-electron chi connectivity index (χ0n) is 18.2. The third-order valence-electron chi connectivity index (χ3n) is 5.12. The monoisotopic (exact) mass is 456 g/mol. The third kappa shape index (κ3) is 6.14. The zero-order valence-corrected chi connectivity index (χ0v) is 19.0. The average Bonchev–Trinajstić information content (AvgIpc) is 2.86. The molecule has 0 saturated carbocycles. The van der Waals surface area contributed by atoms with Crippen molar-refractivity contribution in [2.75, 3.05) is 24.7 Å². The first-order valence-electron chi connectivity index (χ1n) is 10.5. The van der Waals surface area contributed by atoms with Gasteiger partial charge in [0, 0.05) is 16.8 Å². The molecule has 0 bridgehead atoms. The lowest BCUT2D eigenvalue weighted by atomic mass is 10.1. The molecule has 1 heterocycles. The minimum absolute atomic E-state index is 0.263. The van der Waals surface area contributed by atoms with Gasteiger partial charge in [-0.15, -0.1) is 11.8 Å². The zero-order chi connectivity index (χ0) is 23.0. The highest BCUT2D eigenvalue weighted by atomic mass is 32.2. The minimum Gasteiger partial charge on any atom is -0.489 e. The highest BCUT2D eigenvalue weighted by molar-refractivity contribution is 7.98. The number of aromatic nitrogens is 1. The number of carboxylic acids is 1. The molecule has 0 radical (unpaired) electrons. The van der Waals surface area contributed by atoms with Gasteiger partial charge in [-0.2, -0.15) is 0 Å². The molecule has 3 aromatic carbocycles. The van der Waals surface area contributed by atoms with Gasteiger partial charge in [0.05, 0.1) is 23.0 Å². The first-order valence-corrected chi connectivity index (χ1v) is 11.7. The molecular weight excluding hydrogens is 432 g/mol. The Morgan fingerprint density at radius 3 is 2.55 bits per heavy atom. The first kappa shape index (κ1) is 22.4. The Kier molecular flexibility index (Phi) is 7.27. The van der Waals surface area contributed by atoms with E-state index in [9.17, 15) is 4.79 Å². The van der Waals surface area contributed by atoms with Crippen LogP contribution in [0.15, 0.2) is 95.5 Å². The van der Waals surface area contributed by atoms with Gasteiger partial charge >= 0.3 is 5.97 Å². The van der Waals surface area contributed by atoms with Crippen LogP contribution in [0.5, 0.6) is 5.75 Å². The van der Waals surface area contributed by atoms with Gasteiger partial charge in [0.25, 0.3) is 0 Å². The number of thioether (sulfide) groups is 1. The summed E-state index contributed by atoms with van der Waals surface area (Å²) in [5.74, 6) is -0.138. The van der Waals surface area contributed by atoms with Crippen molar-refractivity contribution in [3.63, 3.8) is 0 Å². The number of ether oxygens (including phenoxy) is 1. The number of carbonyl (C=O) groups is 1. The topological polar surface area (TPSA) is 71.5 Å². The van der Waals surface area contributed by atoms with Crippen molar-refractivity contribution in [2.45, 2.75) is 4.90 Å². The molecule has 0 amide bonds. The fraction of sp³-hybridized carbons (Fsp3) is 0.111. The van der Waals surface area contributed by atoms with Crippen molar-refractivity contribution < 1.29 is 14.6 Å². The molecule has 0 fully saturated rings. The number of aromatic carboxylic acids is 1. The molecule has 33 heavy (non-hydrogen) atoms. The van der Waals surface area contributed by atoms with E-state index in [1.807, 2.05) is 67.1 Å². The molecule has 1 aromatic heterocycles. The molecule has 0 aliphatic carbocycles. The Hall–Kier alpha value is -3.77. The molecule has 5 nitrogen and oxygen atoms in total. The normalized spacial score (nSPS) is 11.4. The maximum absolute atomic E-state index is 11.1. The number of fused-ring (bicyclic) bond motifs is 1. The minimum atomic E-state index is -0.937. The lowest BCUT2D eigenvalue weighted by molar-refractivity contribution is 0.0697. The molecule has 4 aromatic rings. The van der Waals surface area contributed by atoms with E-state index in [1.165, 1.54) is 4.90 Å². The molecule has 0 unspecified atom stereocenters. The summed E-state index contributed by atoms with van der Waals surface area (Å²) >= 11 is 1.69. The van der Waals surface area contributed by atoms with Crippen molar-refractivity contribution in [1.82, 2.24) is 4.98 Å². The number of pyridine rings is 1. The lowest BCUT2D eigenvalue weighted by Crippen LogP contribution is -2.12. The van der Waals surface area contributed by atoms with E-state index in [0.29, 0.717) is 13.2 Å². The number of carboxylic acid groups (broad SMARTS) is 1. The van der Waals surface area contributed by atoms with Crippen LogP contribution in [-0.4, -0.2) is 35.5 Å². The number of hydrogen-bond acceptors (Lipinski definition) is 5. The van der Waals surface area contributed by atoms with Crippen molar-refractivity contribution in [1.29, 1.82) is 0 Å². The van der Waals surface area contributed by atoms with Crippen LogP contribution in [0, 0.1) is 0 Å². The maximum atomic E-state index is 11.1. The van der Waals surface area contributed by atoms with Crippen molar-refractivity contribution >= 4 is 40.4 Å². The number of para-hydroxylation sites is 1. The predicted octanol–water partition coefficient (Wildman–Crippen LogP) is 6.23. The van der Waals surface area contributed by atoms with Crippen LogP contribution in [0.3, 0.4) is 0 Å². The van der Waals surface area contributed by atoms with Gasteiger partial charge in [0.15, 0.2) is 0 Å². The largest absolute Gasteiger partial charge is 0.489 e. The Balaban J connectivity index is 1.51. The molecule has 0 atom stereocenters. The van der Waals surface area contributed by atoms with Crippen LogP contribution >= 0.6 is 11.8 Å². The van der Waals surface area contributed by atoms with Gasteiger partial charge in [-0.25, -0.2) is 4.79 Å². The molecular formula is C27H24N2O3S. The van der Waals surface area contributed by atoms with Gasteiger partial charge in [-0.3, -0.25) is 4.98 Å². The van der Waals surface area contributed by atoms with E-state index in [0.717, 1.165) is 33.5 Å². The summed E-state index contributed by atoms with van der Waals surface area (Å²) in [5, 5.41) is 13.6. The van der Waals surface area contributed by atoms with Crippen LogP contribution in [0.2, 0.25) is 0 Å². The number of rotatable bonds is 9. The molecule has 166 valence electrons. The maximum Gasteiger partial charge on any atom is 0.335 e. The smallest absolute Gasteiger partial charge is 0.335 e. The Labute approximate surface area is 197 Å². The highest BCUT2D eigenvalue weighted by Crippen LogP contribution is 2.21. The second-order valence-electron chi connectivity index (χ2n) is 7.46. The van der Waals surface area contributed by atoms with E-state index >= 15 is 0 Å². The van der Waals surface area contributed by atoms with Gasteiger partial charge in [0.1, 0.15) is 12.4 Å². The van der Waals surface area contributed by atoms with E-state index in [1.54, 1.807) is 36.0 Å². The molecule has 4 rings (SSSR count). The van der Waals surface area contributed by atoms with Crippen LogP contribution in [-0.2, 0) is 0 Å². The van der Waals surface area contributed by atoms with Crippen LogP contribution < -0.4 is 10.1 Å². The van der Waals surface area contributed by atoms with Crippen molar-refractivity contribution in [3.05, 3.63) is 102 Å².